The normalized spacial score (nSPS) is 10.7. The first-order valence-corrected chi connectivity index (χ1v) is 5.89. The number of amides is 1. The van der Waals surface area contributed by atoms with Crippen molar-refractivity contribution in [3.05, 3.63) is 41.3 Å². The lowest BCUT2D eigenvalue weighted by molar-refractivity contribution is 0.102. The Bertz CT molecular complexity index is 606. The Kier molecular flexibility index (Phi) is 3.50. The van der Waals surface area contributed by atoms with E-state index in [9.17, 15) is 9.18 Å². The van der Waals surface area contributed by atoms with Gasteiger partial charge in [0.05, 0.1) is 5.69 Å². The van der Waals surface area contributed by atoms with Crippen molar-refractivity contribution in [1.82, 2.24) is 10.2 Å². The number of carbonyl (C=O) groups excluding carboxylic acids is 1. The maximum absolute atomic E-state index is 13.3. The smallest absolute Gasteiger partial charge is 0.256 e. The molecule has 4 N–H and O–H groups in total. The van der Waals surface area contributed by atoms with Crippen LogP contribution in [0.5, 0.6) is 0 Å². The number of hydrogen-bond donors (Lipinski definition) is 3. The number of aromatic nitrogens is 2. The minimum Gasteiger partial charge on any atom is -0.396 e. The molecule has 0 bridgehead atoms. The third kappa shape index (κ3) is 2.90. The van der Waals surface area contributed by atoms with Crippen LogP contribution in [0.15, 0.2) is 24.3 Å². The van der Waals surface area contributed by atoms with E-state index in [1.165, 1.54) is 12.1 Å². The van der Waals surface area contributed by atoms with Crippen LogP contribution in [-0.4, -0.2) is 16.1 Å². The molecule has 19 heavy (non-hydrogen) atoms. The van der Waals surface area contributed by atoms with Gasteiger partial charge in [-0.15, -0.1) is 0 Å². The zero-order chi connectivity index (χ0) is 14.0. The molecule has 2 rings (SSSR count). The van der Waals surface area contributed by atoms with Gasteiger partial charge in [-0.2, -0.15) is 5.10 Å². The van der Waals surface area contributed by atoms with Gasteiger partial charge in [0.15, 0.2) is 5.82 Å². The van der Waals surface area contributed by atoms with Gasteiger partial charge in [-0.05, 0) is 24.1 Å². The summed E-state index contributed by atoms with van der Waals surface area (Å²) in [7, 11) is 0. The van der Waals surface area contributed by atoms with E-state index in [1.807, 2.05) is 13.8 Å². The molecule has 1 heterocycles. The highest BCUT2D eigenvalue weighted by Gasteiger charge is 2.11. The predicted molar refractivity (Wildman–Crippen MR) is 71.4 cm³/mol. The molecule has 0 aliphatic carbocycles. The van der Waals surface area contributed by atoms with Gasteiger partial charge in [0, 0.05) is 17.3 Å². The summed E-state index contributed by atoms with van der Waals surface area (Å²) in [5.74, 6) is -0.351. The van der Waals surface area contributed by atoms with Crippen molar-refractivity contribution in [2.45, 2.75) is 19.8 Å². The maximum Gasteiger partial charge on any atom is 0.256 e. The molecule has 0 aliphatic heterocycles. The first-order chi connectivity index (χ1) is 8.97. The molecule has 0 radical (unpaired) electrons. The van der Waals surface area contributed by atoms with E-state index in [1.54, 1.807) is 6.07 Å². The van der Waals surface area contributed by atoms with Crippen LogP contribution < -0.4 is 11.1 Å². The van der Waals surface area contributed by atoms with Crippen LogP contribution in [0, 0.1) is 5.82 Å². The standard InChI is InChI=1S/C13H15FN4O/c1-7(2)11-6-12(18-17-11)16-13(19)8-3-4-10(15)9(14)5-8/h3-7H,15H2,1-2H3,(H2,16,17,18,19). The molecule has 0 spiro atoms. The molecule has 1 aromatic carbocycles. The number of nitrogens with zero attached hydrogens (tertiary/aromatic N) is 1. The molecule has 0 saturated heterocycles. The summed E-state index contributed by atoms with van der Waals surface area (Å²) >= 11 is 0. The van der Waals surface area contributed by atoms with E-state index >= 15 is 0 Å². The van der Waals surface area contributed by atoms with Crippen molar-refractivity contribution < 1.29 is 9.18 Å². The largest absolute Gasteiger partial charge is 0.396 e. The Hall–Kier alpha value is -2.37. The van der Waals surface area contributed by atoms with Crippen molar-refractivity contribution in [3.8, 4) is 0 Å². The van der Waals surface area contributed by atoms with Crippen molar-refractivity contribution in [2.75, 3.05) is 11.1 Å². The van der Waals surface area contributed by atoms with E-state index in [0.29, 0.717) is 5.82 Å². The van der Waals surface area contributed by atoms with Crippen LogP contribution in [0.2, 0.25) is 0 Å². The summed E-state index contributed by atoms with van der Waals surface area (Å²) in [4.78, 5) is 11.9. The number of halogens is 1. The van der Waals surface area contributed by atoms with Gasteiger partial charge in [0.1, 0.15) is 5.82 Å². The third-order valence-electron chi connectivity index (χ3n) is 2.72. The average Bonchev–Trinajstić information content (AvgIpc) is 2.81. The zero-order valence-electron chi connectivity index (χ0n) is 10.7. The fourth-order valence-electron chi connectivity index (χ4n) is 1.55. The lowest BCUT2D eigenvalue weighted by atomic mass is 10.1. The Morgan fingerprint density at radius 1 is 1.42 bits per heavy atom. The van der Waals surface area contributed by atoms with Crippen LogP contribution in [0.4, 0.5) is 15.9 Å². The van der Waals surface area contributed by atoms with Crippen LogP contribution in [0.1, 0.15) is 35.8 Å². The molecule has 2 aromatic rings. The number of carbonyl (C=O) groups is 1. The fraction of sp³-hybridized carbons (Fsp3) is 0.231. The van der Waals surface area contributed by atoms with E-state index in [4.69, 9.17) is 5.73 Å². The fourth-order valence-corrected chi connectivity index (χ4v) is 1.55. The van der Waals surface area contributed by atoms with Crippen LogP contribution in [0.25, 0.3) is 0 Å². The van der Waals surface area contributed by atoms with Crippen molar-refractivity contribution in [1.29, 1.82) is 0 Å². The highest BCUT2D eigenvalue weighted by Crippen LogP contribution is 2.16. The first kappa shape index (κ1) is 13.1. The number of nitrogens with one attached hydrogen (secondary N) is 2. The van der Waals surface area contributed by atoms with Crippen molar-refractivity contribution >= 4 is 17.4 Å². The van der Waals surface area contributed by atoms with Crippen molar-refractivity contribution in [3.63, 3.8) is 0 Å². The van der Waals surface area contributed by atoms with Gasteiger partial charge in [0.2, 0.25) is 0 Å². The molecule has 5 nitrogen and oxygen atoms in total. The molecular formula is C13H15FN4O. The zero-order valence-corrected chi connectivity index (χ0v) is 10.7. The molecule has 1 amide bonds. The van der Waals surface area contributed by atoms with Crippen molar-refractivity contribution in [2.24, 2.45) is 0 Å². The summed E-state index contributed by atoms with van der Waals surface area (Å²) in [6.07, 6.45) is 0. The summed E-state index contributed by atoms with van der Waals surface area (Å²) < 4.78 is 13.3. The van der Waals surface area contributed by atoms with E-state index in [2.05, 4.69) is 15.5 Å². The Balaban J connectivity index is 2.13. The molecule has 0 aliphatic rings. The number of aromatic amines is 1. The summed E-state index contributed by atoms with van der Waals surface area (Å²) in [5, 5.41) is 9.38. The molecule has 6 heteroatoms. The summed E-state index contributed by atoms with van der Waals surface area (Å²) in [5.41, 5.74) is 6.48. The second kappa shape index (κ2) is 5.09. The Morgan fingerprint density at radius 2 is 2.16 bits per heavy atom. The van der Waals surface area contributed by atoms with Gasteiger partial charge < -0.3 is 11.1 Å². The molecule has 0 atom stereocenters. The molecule has 1 aromatic heterocycles. The Labute approximate surface area is 110 Å². The average molecular weight is 262 g/mol. The van der Waals surface area contributed by atoms with E-state index < -0.39 is 11.7 Å². The van der Waals surface area contributed by atoms with Gasteiger partial charge in [0.25, 0.3) is 5.91 Å². The second-order valence-corrected chi connectivity index (χ2v) is 4.55. The number of anilines is 2. The number of benzene rings is 1. The topological polar surface area (TPSA) is 83.8 Å². The first-order valence-electron chi connectivity index (χ1n) is 5.89. The summed E-state index contributed by atoms with van der Waals surface area (Å²) in [6.45, 7) is 4.02. The lowest BCUT2D eigenvalue weighted by Gasteiger charge is -2.03. The minimum absolute atomic E-state index is 0.0124. The highest BCUT2D eigenvalue weighted by atomic mass is 19.1. The lowest BCUT2D eigenvalue weighted by Crippen LogP contribution is -2.12. The number of rotatable bonds is 3. The molecule has 0 fully saturated rings. The predicted octanol–water partition coefficient (Wildman–Crippen LogP) is 2.51. The maximum atomic E-state index is 13.3. The number of nitrogens with two attached hydrogens (primary N) is 1. The molecule has 0 unspecified atom stereocenters. The van der Waals surface area contributed by atoms with Gasteiger partial charge >= 0.3 is 0 Å². The second-order valence-electron chi connectivity index (χ2n) is 4.55. The monoisotopic (exact) mass is 262 g/mol. The quantitative estimate of drug-likeness (QED) is 0.743. The van der Waals surface area contributed by atoms with Crippen LogP contribution in [0.3, 0.4) is 0 Å². The van der Waals surface area contributed by atoms with Gasteiger partial charge in [-0.25, -0.2) is 4.39 Å². The SMILES string of the molecule is CC(C)c1cc(NC(=O)c2ccc(N)c(F)c2)n[nH]1. The molecule has 0 saturated carbocycles. The highest BCUT2D eigenvalue weighted by molar-refractivity contribution is 6.03. The number of hydrogen-bond acceptors (Lipinski definition) is 3. The summed E-state index contributed by atoms with van der Waals surface area (Å²) in [6, 6.07) is 5.66. The van der Waals surface area contributed by atoms with E-state index in [0.717, 1.165) is 11.8 Å². The minimum atomic E-state index is -0.613. The Morgan fingerprint density at radius 3 is 2.74 bits per heavy atom. The van der Waals surface area contributed by atoms with E-state index in [-0.39, 0.29) is 17.2 Å². The van der Waals surface area contributed by atoms with Gasteiger partial charge in [-0.1, -0.05) is 13.8 Å². The number of nitrogen functional groups attached to an aromatic ring is 1. The van der Waals surface area contributed by atoms with Gasteiger partial charge in [-0.3, -0.25) is 9.89 Å². The number of H-pyrrole nitrogens is 1. The third-order valence-corrected chi connectivity index (χ3v) is 2.72. The van der Waals surface area contributed by atoms with Crippen LogP contribution in [-0.2, 0) is 0 Å². The molecular weight excluding hydrogens is 247 g/mol. The molecule has 100 valence electrons. The van der Waals surface area contributed by atoms with Crippen LogP contribution >= 0.6 is 0 Å².